The fourth-order valence-corrected chi connectivity index (χ4v) is 4.67. The van der Waals surface area contributed by atoms with Gasteiger partial charge in [0.2, 0.25) is 0 Å². The number of methoxy groups -OCH3 is 2. The maximum Gasteiger partial charge on any atom is 0.166 e. The molecular weight excluding hydrogens is 378 g/mol. The van der Waals surface area contributed by atoms with Crippen molar-refractivity contribution in [3.8, 4) is 23.0 Å². The van der Waals surface area contributed by atoms with Gasteiger partial charge in [-0.25, -0.2) is 0 Å². The number of aromatic hydroxyl groups is 2. The molecule has 1 unspecified atom stereocenters. The zero-order valence-corrected chi connectivity index (χ0v) is 16.9. The summed E-state index contributed by atoms with van der Waals surface area (Å²) in [6.07, 6.45) is 2.90. The van der Waals surface area contributed by atoms with Crippen molar-refractivity contribution in [3.05, 3.63) is 82.4 Å². The average molecular weight is 401 g/mol. The normalized spacial score (nSPS) is 16.8. The fourth-order valence-electron chi connectivity index (χ4n) is 4.67. The van der Waals surface area contributed by atoms with E-state index in [1.807, 2.05) is 30.3 Å². The topological polar surface area (TPSA) is 62.2 Å². The Bertz CT molecular complexity index is 1150. The van der Waals surface area contributed by atoms with Gasteiger partial charge < -0.3 is 24.6 Å². The summed E-state index contributed by atoms with van der Waals surface area (Å²) in [5.74, 6) is 1.25. The van der Waals surface area contributed by atoms with E-state index in [0.717, 1.165) is 52.2 Å². The first kappa shape index (κ1) is 18.4. The van der Waals surface area contributed by atoms with Gasteiger partial charge in [0.15, 0.2) is 23.0 Å². The summed E-state index contributed by atoms with van der Waals surface area (Å²) in [5.41, 5.74) is 6.27. The molecule has 5 rings (SSSR count). The van der Waals surface area contributed by atoms with Crippen LogP contribution >= 0.6 is 0 Å². The molecule has 2 aliphatic rings. The van der Waals surface area contributed by atoms with Gasteiger partial charge in [0.25, 0.3) is 0 Å². The molecule has 152 valence electrons. The smallest absolute Gasteiger partial charge is 0.166 e. The van der Waals surface area contributed by atoms with E-state index in [0.29, 0.717) is 5.75 Å². The van der Waals surface area contributed by atoms with Crippen LogP contribution in [0.3, 0.4) is 0 Å². The molecule has 0 bridgehead atoms. The van der Waals surface area contributed by atoms with Crippen LogP contribution in [-0.4, -0.2) is 35.9 Å². The molecule has 5 nitrogen and oxygen atoms in total. The molecule has 1 atom stereocenters. The van der Waals surface area contributed by atoms with Crippen molar-refractivity contribution in [3.63, 3.8) is 0 Å². The Morgan fingerprint density at radius 1 is 0.933 bits per heavy atom. The molecule has 2 heterocycles. The lowest BCUT2D eigenvalue weighted by Gasteiger charge is -2.43. The minimum absolute atomic E-state index is 0.0599. The monoisotopic (exact) mass is 401 g/mol. The molecule has 0 aliphatic carbocycles. The molecule has 0 radical (unpaired) electrons. The van der Waals surface area contributed by atoms with Crippen molar-refractivity contribution >= 4 is 11.8 Å². The summed E-state index contributed by atoms with van der Waals surface area (Å²) in [4.78, 5) is 2.35. The molecule has 0 aromatic heterocycles. The molecule has 2 N–H and O–H groups in total. The van der Waals surface area contributed by atoms with E-state index in [1.165, 1.54) is 0 Å². The molecule has 0 fully saturated rings. The van der Waals surface area contributed by atoms with E-state index in [9.17, 15) is 10.2 Å². The molecule has 0 saturated heterocycles. The van der Waals surface area contributed by atoms with Crippen LogP contribution in [0.2, 0.25) is 0 Å². The lowest BCUT2D eigenvalue weighted by molar-refractivity contribution is 0.305. The van der Waals surface area contributed by atoms with Crippen LogP contribution in [0.25, 0.3) is 11.8 Å². The molecule has 5 heteroatoms. The van der Waals surface area contributed by atoms with Gasteiger partial charge in [-0.05, 0) is 47.4 Å². The predicted molar refractivity (Wildman–Crippen MR) is 116 cm³/mol. The molecule has 0 saturated carbocycles. The van der Waals surface area contributed by atoms with Crippen LogP contribution in [0.5, 0.6) is 23.0 Å². The third-order valence-corrected chi connectivity index (χ3v) is 6.02. The Hall–Kier alpha value is -3.60. The maximum absolute atomic E-state index is 10.2. The molecular formula is C25H23NO4. The fraction of sp³-hybridized carbons (Fsp3) is 0.200. The number of nitrogens with zero attached hydrogens (tertiary/aromatic N) is 1. The van der Waals surface area contributed by atoms with Crippen molar-refractivity contribution in [2.75, 3.05) is 20.8 Å². The molecule has 30 heavy (non-hydrogen) atoms. The van der Waals surface area contributed by atoms with Crippen molar-refractivity contribution in [2.24, 2.45) is 0 Å². The second kappa shape index (κ2) is 7.02. The maximum atomic E-state index is 10.2. The summed E-state index contributed by atoms with van der Waals surface area (Å²) < 4.78 is 11.4. The predicted octanol–water partition coefficient (Wildman–Crippen LogP) is 4.57. The molecule has 3 aromatic rings. The van der Waals surface area contributed by atoms with Gasteiger partial charge >= 0.3 is 0 Å². The molecule has 0 spiro atoms. The van der Waals surface area contributed by atoms with Crippen LogP contribution in [0.1, 0.15) is 33.9 Å². The number of phenolic OH excluding ortho intramolecular Hbond substituents is 2. The summed E-state index contributed by atoms with van der Waals surface area (Å²) >= 11 is 0. The van der Waals surface area contributed by atoms with Crippen molar-refractivity contribution in [1.82, 2.24) is 4.90 Å². The van der Waals surface area contributed by atoms with E-state index in [1.54, 1.807) is 26.4 Å². The second-order valence-corrected chi connectivity index (χ2v) is 7.59. The number of phenols is 2. The highest BCUT2D eigenvalue weighted by molar-refractivity contribution is 5.88. The van der Waals surface area contributed by atoms with Gasteiger partial charge in [-0.3, -0.25) is 0 Å². The highest BCUT2D eigenvalue weighted by Gasteiger charge is 2.37. The third-order valence-electron chi connectivity index (χ3n) is 6.02. The number of benzene rings is 3. The van der Waals surface area contributed by atoms with E-state index in [-0.39, 0.29) is 17.5 Å². The van der Waals surface area contributed by atoms with Crippen LogP contribution in [-0.2, 0) is 6.42 Å². The van der Waals surface area contributed by atoms with Gasteiger partial charge in [-0.15, -0.1) is 0 Å². The number of hydrogen-bond acceptors (Lipinski definition) is 5. The first-order chi connectivity index (χ1) is 14.6. The zero-order valence-electron chi connectivity index (χ0n) is 16.9. The van der Waals surface area contributed by atoms with Crippen LogP contribution < -0.4 is 9.47 Å². The number of rotatable bonds is 3. The lowest BCUT2D eigenvalue weighted by atomic mass is 9.83. The summed E-state index contributed by atoms with van der Waals surface area (Å²) in [6.45, 7) is 0.780. The Balaban J connectivity index is 1.79. The number of ether oxygens (including phenoxy) is 2. The largest absolute Gasteiger partial charge is 0.504 e. The highest BCUT2D eigenvalue weighted by Crippen LogP contribution is 2.51. The van der Waals surface area contributed by atoms with E-state index >= 15 is 0 Å². The minimum atomic E-state index is -0.106. The highest BCUT2D eigenvalue weighted by atomic mass is 16.5. The Morgan fingerprint density at radius 2 is 1.70 bits per heavy atom. The first-order valence-electron chi connectivity index (χ1n) is 9.95. The van der Waals surface area contributed by atoms with E-state index in [4.69, 9.17) is 9.47 Å². The van der Waals surface area contributed by atoms with Gasteiger partial charge in [0.05, 0.1) is 20.3 Å². The molecule has 2 aliphatic heterocycles. The molecule has 3 aromatic carbocycles. The standard InChI is InChI=1S/C25H23NO4/c1-29-22-9-8-17-12-19-18-14-21(28)20(27)13-16(18)10-11-26(19)24(23(17)25(22)30-2)15-6-4-3-5-7-15/h3-9,12-14,24,27-28H,10-11H2,1-2H3. The van der Waals surface area contributed by atoms with Crippen LogP contribution in [0, 0.1) is 0 Å². The minimum Gasteiger partial charge on any atom is -0.504 e. The van der Waals surface area contributed by atoms with E-state index in [2.05, 4.69) is 23.1 Å². The van der Waals surface area contributed by atoms with E-state index < -0.39 is 0 Å². The van der Waals surface area contributed by atoms with Gasteiger partial charge in [-0.2, -0.15) is 0 Å². The summed E-state index contributed by atoms with van der Waals surface area (Å²) in [7, 11) is 3.32. The van der Waals surface area contributed by atoms with Gasteiger partial charge in [-0.1, -0.05) is 36.4 Å². The average Bonchev–Trinajstić information content (AvgIpc) is 2.78. The quantitative estimate of drug-likeness (QED) is 0.630. The lowest BCUT2D eigenvalue weighted by Crippen LogP contribution is -2.36. The van der Waals surface area contributed by atoms with Gasteiger partial charge in [0.1, 0.15) is 0 Å². The zero-order chi connectivity index (χ0) is 20.8. The Labute approximate surface area is 175 Å². The Kier molecular flexibility index (Phi) is 4.31. The number of fused-ring (bicyclic) bond motifs is 4. The summed E-state index contributed by atoms with van der Waals surface area (Å²) in [6, 6.07) is 17.6. The SMILES string of the molecule is COc1ccc2c(c1OC)C(c1ccccc1)N1CCc3cc(O)c(O)cc3C1=C2. The third kappa shape index (κ3) is 2.70. The number of hydrogen-bond donors (Lipinski definition) is 2. The van der Waals surface area contributed by atoms with Gasteiger partial charge in [0, 0.05) is 23.4 Å². The second-order valence-electron chi connectivity index (χ2n) is 7.59. The van der Waals surface area contributed by atoms with Crippen molar-refractivity contribution < 1.29 is 19.7 Å². The van der Waals surface area contributed by atoms with Crippen molar-refractivity contribution in [1.29, 1.82) is 0 Å². The summed E-state index contributed by atoms with van der Waals surface area (Å²) in [5, 5.41) is 20.1. The van der Waals surface area contributed by atoms with Crippen molar-refractivity contribution in [2.45, 2.75) is 12.5 Å². The van der Waals surface area contributed by atoms with Crippen LogP contribution in [0.15, 0.2) is 54.6 Å². The molecule has 0 amide bonds. The van der Waals surface area contributed by atoms with Crippen LogP contribution in [0.4, 0.5) is 0 Å². The Morgan fingerprint density at radius 3 is 2.43 bits per heavy atom. The first-order valence-corrected chi connectivity index (χ1v) is 9.95.